The van der Waals surface area contributed by atoms with Crippen LogP contribution >= 0.6 is 11.3 Å². The van der Waals surface area contributed by atoms with Crippen LogP contribution in [0.1, 0.15) is 15.4 Å². The van der Waals surface area contributed by atoms with Gasteiger partial charge in [-0.25, -0.2) is 9.78 Å². The maximum atomic E-state index is 11.3. The monoisotopic (exact) mass is 232 g/mol. The molecule has 0 atom stereocenters. The van der Waals surface area contributed by atoms with Gasteiger partial charge in [0.15, 0.2) is 0 Å². The highest BCUT2D eigenvalue weighted by Gasteiger charge is 2.09. The van der Waals surface area contributed by atoms with Gasteiger partial charge in [0.2, 0.25) is 0 Å². The maximum absolute atomic E-state index is 11.3. The summed E-state index contributed by atoms with van der Waals surface area (Å²) in [6, 6.07) is 7.22. The van der Waals surface area contributed by atoms with Crippen LogP contribution in [0.5, 0.6) is 0 Å². The predicted molar refractivity (Wildman–Crippen MR) is 60.3 cm³/mol. The Labute approximate surface area is 96.1 Å². The van der Waals surface area contributed by atoms with Crippen molar-refractivity contribution in [2.24, 2.45) is 0 Å². The zero-order chi connectivity index (χ0) is 11.5. The first-order chi connectivity index (χ1) is 7.74. The Hall–Kier alpha value is -1.93. The molecule has 0 saturated carbocycles. The number of esters is 1. The van der Waals surface area contributed by atoms with Crippen molar-refractivity contribution in [1.29, 1.82) is 5.26 Å². The zero-order valence-electron chi connectivity index (χ0n) is 8.56. The Morgan fingerprint density at radius 3 is 3.12 bits per heavy atom. The fourth-order valence-corrected chi connectivity index (χ4v) is 2.30. The van der Waals surface area contributed by atoms with E-state index in [2.05, 4.69) is 9.72 Å². The minimum Gasteiger partial charge on any atom is -0.465 e. The van der Waals surface area contributed by atoms with Crippen molar-refractivity contribution in [2.75, 3.05) is 7.11 Å². The highest BCUT2D eigenvalue weighted by Crippen LogP contribution is 2.23. The van der Waals surface area contributed by atoms with Crippen LogP contribution in [0.4, 0.5) is 0 Å². The number of hydrogen-bond acceptors (Lipinski definition) is 5. The van der Waals surface area contributed by atoms with Crippen LogP contribution in [-0.4, -0.2) is 18.1 Å². The SMILES string of the molecule is COC(=O)c1ccc2nc(CC#N)sc2c1. The first kappa shape index (κ1) is 10.6. The van der Waals surface area contributed by atoms with Crippen LogP contribution in [0.15, 0.2) is 18.2 Å². The smallest absolute Gasteiger partial charge is 0.337 e. The lowest BCUT2D eigenvalue weighted by atomic mass is 10.2. The third kappa shape index (κ3) is 1.88. The summed E-state index contributed by atoms with van der Waals surface area (Å²) >= 11 is 1.42. The van der Waals surface area contributed by atoms with E-state index in [0.717, 1.165) is 15.2 Å². The van der Waals surface area contributed by atoms with E-state index in [4.69, 9.17) is 5.26 Å². The van der Waals surface area contributed by atoms with Gasteiger partial charge in [0.25, 0.3) is 0 Å². The highest BCUT2D eigenvalue weighted by atomic mass is 32.1. The normalized spacial score (nSPS) is 10.0. The standard InChI is InChI=1S/C11H8N2O2S/c1-15-11(14)7-2-3-8-9(6-7)16-10(13-8)4-5-12/h2-3,6H,4H2,1H3. The van der Waals surface area contributed by atoms with Crippen molar-refractivity contribution in [1.82, 2.24) is 4.98 Å². The van der Waals surface area contributed by atoms with Gasteiger partial charge in [0.1, 0.15) is 5.01 Å². The van der Waals surface area contributed by atoms with Crippen LogP contribution in [0.2, 0.25) is 0 Å². The number of ether oxygens (including phenoxy) is 1. The summed E-state index contributed by atoms with van der Waals surface area (Å²) in [6.07, 6.45) is 0.299. The second kappa shape index (κ2) is 4.29. The number of nitrogens with zero attached hydrogens (tertiary/aromatic N) is 2. The molecule has 0 unspecified atom stereocenters. The van der Waals surface area contributed by atoms with E-state index in [9.17, 15) is 4.79 Å². The second-order valence-electron chi connectivity index (χ2n) is 3.12. The third-order valence-corrected chi connectivity index (χ3v) is 3.10. The lowest BCUT2D eigenvalue weighted by molar-refractivity contribution is 0.0601. The number of hydrogen-bond donors (Lipinski definition) is 0. The summed E-state index contributed by atoms with van der Waals surface area (Å²) in [5.74, 6) is -0.364. The summed E-state index contributed by atoms with van der Waals surface area (Å²) < 4.78 is 5.53. The van der Waals surface area contributed by atoms with Crippen molar-refractivity contribution in [3.8, 4) is 6.07 Å². The Kier molecular flexibility index (Phi) is 2.84. The molecule has 1 aromatic carbocycles. The lowest BCUT2D eigenvalue weighted by Gasteiger charge is -1.97. The van der Waals surface area contributed by atoms with Gasteiger partial charge in [-0.1, -0.05) is 0 Å². The quantitative estimate of drug-likeness (QED) is 0.744. The molecule has 0 fully saturated rings. The molecule has 0 N–H and O–H groups in total. The molecule has 0 aliphatic rings. The number of methoxy groups -OCH3 is 1. The van der Waals surface area contributed by atoms with Gasteiger partial charge in [-0.15, -0.1) is 11.3 Å². The molecule has 1 heterocycles. The van der Waals surface area contributed by atoms with Gasteiger partial charge in [0.05, 0.1) is 35.4 Å². The van der Waals surface area contributed by atoms with Crippen LogP contribution in [0, 0.1) is 11.3 Å². The highest BCUT2D eigenvalue weighted by molar-refractivity contribution is 7.18. The van der Waals surface area contributed by atoms with Crippen LogP contribution in [0.3, 0.4) is 0 Å². The predicted octanol–water partition coefficient (Wildman–Crippen LogP) is 2.15. The first-order valence-electron chi connectivity index (χ1n) is 4.59. The van der Waals surface area contributed by atoms with E-state index in [-0.39, 0.29) is 5.97 Å². The maximum Gasteiger partial charge on any atom is 0.337 e. The average molecular weight is 232 g/mol. The molecule has 4 nitrogen and oxygen atoms in total. The lowest BCUT2D eigenvalue weighted by Crippen LogP contribution is -1.99. The van der Waals surface area contributed by atoms with Crippen LogP contribution in [0.25, 0.3) is 10.2 Å². The number of benzene rings is 1. The Morgan fingerprint density at radius 1 is 1.62 bits per heavy atom. The largest absolute Gasteiger partial charge is 0.465 e. The Morgan fingerprint density at radius 2 is 2.44 bits per heavy atom. The van der Waals surface area contributed by atoms with Gasteiger partial charge in [-0.2, -0.15) is 5.26 Å². The summed E-state index contributed by atoms with van der Waals surface area (Å²) in [5, 5.41) is 9.33. The third-order valence-electron chi connectivity index (χ3n) is 2.08. The molecule has 0 spiro atoms. The van der Waals surface area contributed by atoms with Crippen molar-refractivity contribution in [3.63, 3.8) is 0 Å². The number of carbonyl (C=O) groups excluding carboxylic acids is 1. The molecule has 0 aliphatic carbocycles. The molecule has 2 aromatic rings. The number of aromatic nitrogens is 1. The molecule has 16 heavy (non-hydrogen) atoms. The Balaban J connectivity index is 2.46. The molecule has 0 radical (unpaired) electrons. The summed E-state index contributed by atoms with van der Waals surface area (Å²) in [7, 11) is 1.35. The Bertz CT molecular complexity index is 583. The van der Waals surface area contributed by atoms with E-state index >= 15 is 0 Å². The first-order valence-corrected chi connectivity index (χ1v) is 5.41. The summed E-state index contributed by atoms with van der Waals surface area (Å²) in [5.41, 5.74) is 1.31. The van der Waals surface area contributed by atoms with Crippen LogP contribution < -0.4 is 0 Å². The number of fused-ring (bicyclic) bond motifs is 1. The number of nitriles is 1. The second-order valence-corrected chi connectivity index (χ2v) is 4.23. The van der Waals surface area contributed by atoms with E-state index in [0.29, 0.717) is 12.0 Å². The molecule has 0 amide bonds. The van der Waals surface area contributed by atoms with Crippen molar-refractivity contribution < 1.29 is 9.53 Å². The molecule has 0 aliphatic heterocycles. The molecule has 80 valence electrons. The fourth-order valence-electron chi connectivity index (χ4n) is 1.36. The van der Waals surface area contributed by atoms with E-state index < -0.39 is 0 Å². The van der Waals surface area contributed by atoms with Gasteiger partial charge in [-0.3, -0.25) is 0 Å². The molecule has 0 bridgehead atoms. The molecule has 1 aromatic heterocycles. The molecule has 0 saturated heterocycles. The number of thiazole rings is 1. The minimum absolute atomic E-state index is 0.299. The molecule has 5 heteroatoms. The van der Waals surface area contributed by atoms with E-state index in [1.54, 1.807) is 18.2 Å². The van der Waals surface area contributed by atoms with Crippen molar-refractivity contribution >= 4 is 27.5 Å². The summed E-state index contributed by atoms with van der Waals surface area (Å²) in [6.45, 7) is 0. The van der Waals surface area contributed by atoms with Gasteiger partial charge in [0, 0.05) is 0 Å². The van der Waals surface area contributed by atoms with Crippen molar-refractivity contribution in [3.05, 3.63) is 28.8 Å². The van der Waals surface area contributed by atoms with Gasteiger partial charge < -0.3 is 4.74 Å². The molecular formula is C11H8N2O2S. The number of carbonyl (C=O) groups is 1. The minimum atomic E-state index is -0.364. The van der Waals surface area contributed by atoms with Crippen LogP contribution in [-0.2, 0) is 11.2 Å². The fraction of sp³-hybridized carbons (Fsp3) is 0.182. The molecule has 2 rings (SSSR count). The average Bonchev–Trinajstić information content (AvgIpc) is 2.69. The summed E-state index contributed by atoms with van der Waals surface area (Å²) in [4.78, 5) is 15.6. The van der Waals surface area contributed by atoms with Gasteiger partial charge in [-0.05, 0) is 18.2 Å². The number of rotatable bonds is 2. The van der Waals surface area contributed by atoms with Crippen molar-refractivity contribution in [2.45, 2.75) is 6.42 Å². The van der Waals surface area contributed by atoms with E-state index in [1.165, 1.54) is 18.4 Å². The van der Waals surface area contributed by atoms with E-state index in [1.807, 2.05) is 6.07 Å². The van der Waals surface area contributed by atoms with Gasteiger partial charge >= 0.3 is 5.97 Å². The zero-order valence-corrected chi connectivity index (χ0v) is 9.37. The topological polar surface area (TPSA) is 63.0 Å². The molecular weight excluding hydrogens is 224 g/mol.